The number of hydrogen-bond acceptors (Lipinski definition) is 6. The Kier molecular flexibility index (Phi) is 3.93. The van der Waals surface area contributed by atoms with E-state index in [9.17, 15) is 18.0 Å². The first-order valence-electron chi connectivity index (χ1n) is 11.5. The van der Waals surface area contributed by atoms with Crippen molar-refractivity contribution in [1.82, 2.24) is 29.5 Å². The van der Waals surface area contributed by atoms with Crippen molar-refractivity contribution < 1.29 is 18.0 Å². The molecular weight excluding hydrogens is 459 g/mol. The Morgan fingerprint density at radius 2 is 1.94 bits per heavy atom. The van der Waals surface area contributed by atoms with E-state index in [1.165, 1.54) is 12.4 Å². The van der Waals surface area contributed by atoms with Crippen LogP contribution in [0.4, 0.5) is 19.1 Å². The van der Waals surface area contributed by atoms with Gasteiger partial charge in [0.2, 0.25) is 5.95 Å². The van der Waals surface area contributed by atoms with E-state index in [-0.39, 0.29) is 23.4 Å². The monoisotopic (exact) mass is 479 g/mol. The van der Waals surface area contributed by atoms with E-state index < -0.39 is 11.9 Å². The summed E-state index contributed by atoms with van der Waals surface area (Å²) in [5.74, 6) is 0.731. The molecule has 3 saturated carbocycles. The third kappa shape index (κ3) is 2.83. The van der Waals surface area contributed by atoms with Crippen molar-refractivity contribution in [1.29, 1.82) is 0 Å². The first-order chi connectivity index (χ1) is 16.7. The highest BCUT2D eigenvalue weighted by molar-refractivity contribution is 6.02. The van der Waals surface area contributed by atoms with Crippen molar-refractivity contribution >= 4 is 28.4 Å². The highest BCUT2D eigenvalue weighted by Crippen LogP contribution is 2.63. The highest BCUT2D eigenvalue weighted by atomic mass is 19.4. The van der Waals surface area contributed by atoms with E-state index in [0.717, 1.165) is 25.3 Å². The number of aryl methyl sites for hydroxylation is 1. The van der Waals surface area contributed by atoms with Gasteiger partial charge in [-0.1, -0.05) is 6.07 Å². The maximum atomic E-state index is 14.1. The molecule has 4 aliphatic rings. The Morgan fingerprint density at radius 1 is 1.14 bits per heavy atom. The molecule has 0 saturated heterocycles. The molecule has 178 valence electrons. The number of aromatic nitrogens is 5. The molecule has 3 aromatic heterocycles. The fourth-order valence-corrected chi connectivity index (χ4v) is 6.13. The molecule has 0 aliphatic heterocycles. The Balaban J connectivity index is 1.31. The van der Waals surface area contributed by atoms with Crippen molar-refractivity contribution in [3.05, 3.63) is 59.2 Å². The molecule has 0 radical (unpaired) electrons. The number of benzene rings is 1. The average molecular weight is 479 g/mol. The number of amides is 1. The SMILES string of the molecule is Nc1nc2ccc(C(=O)N(C3CCc4nc(C(F)(F)F)ccc43)C34CC(C3)C4)cc2c2nncn12. The van der Waals surface area contributed by atoms with Crippen LogP contribution in [-0.2, 0) is 12.6 Å². The van der Waals surface area contributed by atoms with Gasteiger partial charge in [0.15, 0.2) is 5.65 Å². The Bertz CT molecular complexity index is 1530. The fraction of sp³-hybridized carbons (Fsp3) is 0.375. The summed E-state index contributed by atoms with van der Waals surface area (Å²) in [4.78, 5) is 24.3. The minimum absolute atomic E-state index is 0.141. The second-order valence-electron chi connectivity index (χ2n) is 9.89. The van der Waals surface area contributed by atoms with E-state index in [0.29, 0.717) is 52.1 Å². The smallest absolute Gasteiger partial charge is 0.369 e. The zero-order valence-corrected chi connectivity index (χ0v) is 18.5. The van der Waals surface area contributed by atoms with Gasteiger partial charge in [-0.15, -0.1) is 10.2 Å². The molecule has 8 rings (SSSR count). The minimum Gasteiger partial charge on any atom is -0.369 e. The summed E-state index contributed by atoms with van der Waals surface area (Å²) in [5.41, 5.74) is 7.59. The molecule has 3 heterocycles. The minimum atomic E-state index is -4.49. The predicted molar refractivity (Wildman–Crippen MR) is 119 cm³/mol. The molecule has 8 nitrogen and oxygen atoms in total. The Hall–Kier alpha value is -3.76. The fourth-order valence-electron chi connectivity index (χ4n) is 6.13. The number of rotatable bonds is 3. The van der Waals surface area contributed by atoms with Crippen molar-refractivity contribution in [3.8, 4) is 0 Å². The van der Waals surface area contributed by atoms with Crippen LogP contribution in [0.2, 0.25) is 0 Å². The molecule has 1 unspecified atom stereocenters. The number of fused-ring (bicyclic) bond motifs is 4. The lowest BCUT2D eigenvalue weighted by Gasteiger charge is -2.67. The molecular formula is C24H20F3N7O. The quantitative estimate of drug-likeness (QED) is 0.477. The number of nitrogens with two attached hydrogens (primary N) is 1. The number of nitrogens with zero attached hydrogens (tertiary/aromatic N) is 6. The average Bonchev–Trinajstić information content (AvgIpc) is 3.41. The molecule has 3 fully saturated rings. The molecule has 4 aromatic rings. The topological polar surface area (TPSA) is 102 Å². The van der Waals surface area contributed by atoms with Gasteiger partial charge < -0.3 is 10.6 Å². The third-order valence-electron chi connectivity index (χ3n) is 7.87. The summed E-state index contributed by atoms with van der Waals surface area (Å²) in [6.07, 6.45) is 0.732. The maximum absolute atomic E-state index is 14.1. The van der Waals surface area contributed by atoms with Crippen LogP contribution < -0.4 is 5.73 Å². The van der Waals surface area contributed by atoms with Gasteiger partial charge in [0.25, 0.3) is 5.91 Å². The summed E-state index contributed by atoms with van der Waals surface area (Å²) in [6.45, 7) is 0. The molecule has 35 heavy (non-hydrogen) atoms. The highest BCUT2D eigenvalue weighted by Gasteiger charge is 2.63. The largest absolute Gasteiger partial charge is 0.433 e. The lowest BCUT2D eigenvalue weighted by molar-refractivity contribution is -0.141. The van der Waals surface area contributed by atoms with Gasteiger partial charge in [-0.05, 0) is 67.9 Å². The van der Waals surface area contributed by atoms with Crippen molar-refractivity contribution in [2.45, 2.75) is 49.9 Å². The first kappa shape index (κ1) is 20.6. The van der Waals surface area contributed by atoms with E-state index in [4.69, 9.17) is 5.73 Å². The molecule has 1 amide bonds. The van der Waals surface area contributed by atoms with Crippen LogP contribution in [0.5, 0.6) is 0 Å². The molecule has 4 aliphatic carbocycles. The van der Waals surface area contributed by atoms with Gasteiger partial charge in [0.05, 0.1) is 11.6 Å². The molecule has 1 atom stereocenters. The van der Waals surface area contributed by atoms with Crippen LogP contribution >= 0.6 is 0 Å². The van der Waals surface area contributed by atoms with Gasteiger partial charge in [-0.25, -0.2) is 9.97 Å². The molecule has 2 N–H and O–H groups in total. The third-order valence-corrected chi connectivity index (χ3v) is 7.87. The van der Waals surface area contributed by atoms with Crippen molar-refractivity contribution in [2.24, 2.45) is 5.92 Å². The lowest BCUT2D eigenvalue weighted by Crippen LogP contribution is -2.69. The number of anilines is 1. The molecule has 0 spiro atoms. The standard InChI is InChI=1S/C24H20F3N7O/c25-24(26,27)19-6-2-14-16(30-19)4-5-18(14)34(23-8-12(9-23)10-23)21(35)13-1-3-17-15(7-13)20-32-29-11-33(20)22(28)31-17/h1-3,6-7,11-12,18H,4-5,8-10H2,(H2,28,31). The summed E-state index contributed by atoms with van der Waals surface area (Å²) >= 11 is 0. The summed E-state index contributed by atoms with van der Waals surface area (Å²) in [7, 11) is 0. The van der Waals surface area contributed by atoms with Crippen LogP contribution in [0, 0.1) is 5.92 Å². The van der Waals surface area contributed by atoms with E-state index in [1.807, 2.05) is 4.90 Å². The van der Waals surface area contributed by atoms with Crippen LogP contribution in [0.25, 0.3) is 16.6 Å². The predicted octanol–water partition coefficient (Wildman–Crippen LogP) is 3.96. The first-order valence-corrected chi connectivity index (χ1v) is 11.5. The lowest BCUT2D eigenvalue weighted by atomic mass is 9.48. The summed E-state index contributed by atoms with van der Waals surface area (Å²) in [5, 5.41) is 8.71. The van der Waals surface area contributed by atoms with E-state index >= 15 is 0 Å². The van der Waals surface area contributed by atoms with Gasteiger partial charge >= 0.3 is 6.18 Å². The Labute approximate surface area is 197 Å². The second kappa shape index (κ2) is 6.67. The number of carbonyl (C=O) groups excluding carboxylic acids is 1. The van der Waals surface area contributed by atoms with Gasteiger partial charge in [0.1, 0.15) is 12.0 Å². The van der Waals surface area contributed by atoms with Crippen molar-refractivity contribution in [2.75, 3.05) is 5.73 Å². The molecule has 1 aromatic carbocycles. The van der Waals surface area contributed by atoms with Crippen LogP contribution in [0.1, 0.15) is 59.0 Å². The number of alkyl halides is 3. The zero-order valence-electron chi connectivity index (χ0n) is 18.5. The number of hydrogen-bond donors (Lipinski definition) is 1. The van der Waals surface area contributed by atoms with Gasteiger partial charge in [0, 0.05) is 22.2 Å². The maximum Gasteiger partial charge on any atom is 0.433 e. The van der Waals surface area contributed by atoms with Crippen molar-refractivity contribution in [3.63, 3.8) is 0 Å². The van der Waals surface area contributed by atoms with E-state index in [1.54, 1.807) is 22.6 Å². The number of pyridine rings is 1. The van der Waals surface area contributed by atoms with Crippen LogP contribution in [0.15, 0.2) is 36.7 Å². The van der Waals surface area contributed by atoms with Crippen LogP contribution in [0.3, 0.4) is 0 Å². The Morgan fingerprint density at radius 3 is 2.66 bits per heavy atom. The summed E-state index contributed by atoms with van der Waals surface area (Å²) < 4.78 is 41.2. The molecule has 11 heteroatoms. The second-order valence-corrected chi connectivity index (χ2v) is 9.89. The normalized spacial score (nSPS) is 24.8. The number of nitrogen functional groups attached to an aromatic ring is 1. The molecule has 2 bridgehead atoms. The van der Waals surface area contributed by atoms with Gasteiger partial charge in [-0.2, -0.15) is 13.2 Å². The van der Waals surface area contributed by atoms with Gasteiger partial charge in [-0.3, -0.25) is 9.20 Å². The number of carbonyl (C=O) groups is 1. The zero-order chi connectivity index (χ0) is 24.1. The summed E-state index contributed by atoms with van der Waals surface area (Å²) in [6, 6.07) is 7.45. The number of halogens is 3. The van der Waals surface area contributed by atoms with E-state index in [2.05, 4.69) is 20.2 Å². The van der Waals surface area contributed by atoms with Crippen LogP contribution in [-0.4, -0.2) is 40.9 Å².